The van der Waals surface area contributed by atoms with Crippen molar-refractivity contribution in [2.45, 2.75) is 63.6 Å². The highest BCUT2D eigenvalue weighted by molar-refractivity contribution is 5.97. The number of rotatable bonds is 10. The Balaban J connectivity index is 1.85. The van der Waals surface area contributed by atoms with Crippen molar-refractivity contribution in [2.75, 3.05) is 13.1 Å². The molecule has 10 heteroatoms. The van der Waals surface area contributed by atoms with E-state index in [2.05, 4.69) is 10.6 Å². The Morgan fingerprint density at radius 3 is 2.51 bits per heavy atom. The molecular formula is C27H33F2N3O5. The summed E-state index contributed by atoms with van der Waals surface area (Å²) in [5.74, 6) is -5.81. The van der Waals surface area contributed by atoms with Crippen LogP contribution in [0.5, 0.6) is 5.75 Å². The first-order chi connectivity index (χ1) is 17.5. The summed E-state index contributed by atoms with van der Waals surface area (Å²) in [6, 6.07) is 10.5. The van der Waals surface area contributed by atoms with Crippen molar-refractivity contribution in [3.63, 3.8) is 0 Å². The van der Waals surface area contributed by atoms with Crippen LogP contribution in [0.25, 0.3) is 0 Å². The molecule has 0 aromatic heterocycles. The van der Waals surface area contributed by atoms with Crippen LogP contribution < -0.4 is 10.6 Å². The molecule has 4 N–H and O–H groups in total. The van der Waals surface area contributed by atoms with Gasteiger partial charge in [0.1, 0.15) is 11.8 Å². The third-order valence-corrected chi connectivity index (χ3v) is 6.48. The lowest BCUT2D eigenvalue weighted by atomic mass is 9.98. The van der Waals surface area contributed by atoms with E-state index in [0.29, 0.717) is 22.4 Å². The van der Waals surface area contributed by atoms with Gasteiger partial charge in [0.05, 0.1) is 12.6 Å². The summed E-state index contributed by atoms with van der Waals surface area (Å²) in [4.78, 5) is 39.7. The number of alkyl halides is 2. The molecule has 2 aromatic rings. The highest BCUT2D eigenvalue weighted by Gasteiger charge is 2.51. The topological polar surface area (TPSA) is 119 Å². The van der Waals surface area contributed by atoms with E-state index in [-0.39, 0.29) is 24.3 Å². The first-order valence-electron chi connectivity index (χ1n) is 12.3. The fourth-order valence-corrected chi connectivity index (χ4v) is 4.36. The van der Waals surface area contributed by atoms with Crippen LogP contribution in [-0.4, -0.2) is 70.0 Å². The zero-order valence-corrected chi connectivity index (χ0v) is 20.9. The van der Waals surface area contributed by atoms with E-state index >= 15 is 0 Å². The minimum Gasteiger partial charge on any atom is -0.508 e. The number of carbonyl (C=O) groups excluding carboxylic acids is 3. The van der Waals surface area contributed by atoms with Gasteiger partial charge in [-0.25, -0.2) is 8.78 Å². The van der Waals surface area contributed by atoms with Gasteiger partial charge in [-0.3, -0.25) is 14.4 Å². The number of likely N-dealkylation sites (tertiary alicyclic amines) is 1. The average Bonchev–Trinajstić information content (AvgIpc) is 3.20. The molecule has 0 spiro atoms. The summed E-state index contributed by atoms with van der Waals surface area (Å²) >= 11 is 0. The van der Waals surface area contributed by atoms with Crippen molar-refractivity contribution in [1.82, 2.24) is 15.5 Å². The highest BCUT2D eigenvalue weighted by atomic mass is 19.3. The molecule has 1 heterocycles. The molecule has 1 fully saturated rings. The lowest BCUT2D eigenvalue weighted by Crippen LogP contribution is -2.56. The Morgan fingerprint density at radius 1 is 1.14 bits per heavy atom. The zero-order valence-electron chi connectivity index (χ0n) is 20.9. The number of benzene rings is 2. The molecule has 1 unspecified atom stereocenters. The second kappa shape index (κ2) is 12.1. The van der Waals surface area contributed by atoms with Gasteiger partial charge in [-0.1, -0.05) is 49.7 Å². The number of phenols is 1. The van der Waals surface area contributed by atoms with Crippen LogP contribution in [0.4, 0.5) is 8.78 Å². The molecule has 37 heavy (non-hydrogen) atoms. The number of phenolic OH excluding ortho intramolecular Hbond substituents is 1. The summed E-state index contributed by atoms with van der Waals surface area (Å²) in [5, 5.41) is 26.2. The Labute approximate surface area is 214 Å². The number of aliphatic hydroxyl groups is 1. The van der Waals surface area contributed by atoms with Crippen molar-refractivity contribution in [3.05, 3.63) is 65.2 Å². The molecule has 0 radical (unpaired) electrons. The smallest absolute Gasteiger partial charge is 0.267 e. The summed E-state index contributed by atoms with van der Waals surface area (Å²) in [6.07, 6.45) is -1.27. The molecular weight excluding hydrogens is 484 g/mol. The van der Waals surface area contributed by atoms with Crippen molar-refractivity contribution < 1.29 is 33.4 Å². The summed E-state index contributed by atoms with van der Waals surface area (Å²) in [7, 11) is 0. The SMILES string of the molecule is CCCCNC(=O)[C@@H]1CC(F)(F)CN1C(=O)[C@@H](O)C(Cc1ccccc1)NC(=O)c1cccc(O)c1C. The molecule has 0 bridgehead atoms. The van der Waals surface area contributed by atoms with E-state index < -0.39 is 54.8 Å². The first-order valence-corrected chi connectivity index (χ1v) is 12.3. The minimum atomic E-state index is -3.29. The third kappa shape index (κ3) is 7.03. The van der Waals surface area contributed by atoms with Crippen LogP contribution in [0.2, 0.25) is 0 Å². The highest BCUT2D eigenvalue weighted by Crippen LogP contribution is 2.33. The van der Waals surface area contributed by atoms with Gasteiger partial charge < -0.3 is 25.7 Å². The van der Waals surface area contributed by atoms with E-state index in [1.165, 1.54) is 18.2 Å². The minimum absolute atomic E-state index is 0.0228. The van der Waals surface area contributed by atoms with Crippen LogP contribution in [0.15, 0.2) is 48.5 Å². The quantitative estimate of drug-likeness (QED) is 0.361. The first kappa shape index (κ1) is 28.0. The van der Waals surface area contributed by atoms with Gasteiger partial charge in [0.25, 0.3) is 17.7 Å². The Kier molecular flexibility index (Phi) is 9.20. The van der Waals surface area contributed by atoms with Crippen LogP contribution >= 0.6 is 0 Å². The van der Waals surface area contributed by atoms with Gasteiger partial charge in [0, 0.05) is 24.1 Å². The number of aromatic hydroxyl groups is 1. The zero-order chi connectivity index (χ0) is 27.2. The van der Waals surface area contributed by atoms with Gasteiger partial charge in [0.15, 0.2) is 6.10 Å². The van der Waals surface area contributed by atoms with Gasteiger partial charge in [0.2, 0.25) is 5.91 Å². The lowest BCUT2D eigenvalue weighted by molar-refractivity contribution is -0.147. The number of carbonyl (C=O) groups is 3. The number of nitrogens with zero attached hydrogens (tertiary/aromatic N) is 1. The average molecular weight is 518 g/mol. The molecule has 8 nitrogen and oxygen atoms in total. The van der Waals surface area contributed by atoms with Crippen LogP contribution in [-0.2, 0) is 16.0 Å². The van der Waals surface area contributed by atoms with E-state index in [9.17, 15) is 33.4 Å². The van der Waals surface area contributed by atoms with Crippen molar-refractivity contribution in [2.24, 2.45) is 0 Å². The lowest BCUT2D eigenvalue weighted by Gasteiger charge is -2.30. The van der Waals surface area contributed by atoms with Gasteiger partial charge in [-0.15, -0.1) is 0 Å². The largest absolute Gasteiger partial charge is 0.508 e. The predicted octanol–water partition coefficient (Wildman–Crippen LogP) is 2.56. The maximum Gasteiger partial charge on any atom is 0.267 e. The van der Waals surface area contributed by atoms with Crippen molar-refractivity contribution in [1.29, 1.82) is 0 Å². The summed E-state index contributed by atoms with van der Waals surface area (Å²) < 4.78 is 28.7. The standard InChI is InChI=1S/C27H33F2N3O5/c1-3-4-13-30-25(36)21-15-27(28,29)16-32(21)26(37)23(34)20(14-18-9-6-5-7-10-18)31-24(35)19-11-8-12-22(33)17(19)2/h5-12,20-21,23,33-34H,3-4,13-16H2,1-2H3,(H,30,36)(H,31,35)/t20?,21-,23-/m0/s1. The van der Waals surface area contributed by atoms with Crippen LogP contribution in [0, 0.1) is 6.92 Å². The number of hydrogen-bond donors (Lipinski definition) is 4. The van der Waals surface area contributed by atoms with Crippen molar-refractivity contribution >= 4 is 17.7 Å². The number of nitrogens with one attached hydrogen (secondary N) is 2. The Hall–Kier alpha value is -3.53. The predicted molar refractivity (Wildman–Crippen MR) is 133 cm³/mol. The molecule has 1 aliphatic rings. The second-order valence-electron chi connectivity index (χ2n) is 9.35. The van der Waals surface area contributed by atoms with Gasteiger partial charge in [-0.05, 0) is 37.5 Å². The van der Waals surface area contributed by atoms with Crippen LogP contribution in [0.1, 0.15) is 47.7 Å². The maximum absolute atomic E-state index is 14.3. The number of halogens is 2. The maximum atomic E-state index is 14.3. The van der Waals surface area contributed by atoms with Crippen molar-refractivity contribution in [3.8, 4) is 5.75 Å². The number of unbranched alkanes of at least 4 members (excludes halogenated alkanes) is 1. The Bertz CT molecular complexity index is 1110. The van der Waals surface area contributed by atoms with E-state index in [1.807, 2.05) is 6.92 Å². The molecule has 2 aromatic carbocycles. The molecule has 1 saturated heterocycles. The molecule has 1 aliphatic heterocycles. The van der Waals surface area contributed by atoms with E-state index in [1.54, 1.807) is 37.3 Å². The van der Waals surface area contributed by atoms with Gasteiger partial charge >= 0.3 is 0 Å². The molecule has 200 valence electrons. The summed E-state index contributed by atoms with van der Waals surface area (Å²) in [5.41, 5.74) is 1.13. The fraction of sp³-hybridized carbons (Fsp3) is 0.444. The number of aliphatic hydroxyl groups excluding tert-OH is 1. The molecule has 3 amide bonds. The second-order valence-corrected chi connectivity index (χ2v) is 9.35. The molecule has 0 aliphatic carbocycles. The van der Waals surface area contributed by atoms with E-state index in [4.69, 9.17) is 0 Å². The summed E-state index contributed by atoms with van der Waals surface area (Å²) in [6.45, 7) is 2.75. The van der Waals surface area contributed by atoms with E-state index in [0.717, 1.165) is 6.42 Å². The molecule has 0 saturated carbocycles. The third-order valence-electron chi connectivity index (χ3n) is 6.48. The molecule has 3 rings (SSSR count). The van der Waals surface area contributed by atoms with Gasteiger partial charge in [-0.2, -0.15) is 0 Å². The monoisotopic (exact) mass is 517 g/mol. The molecule has 3 atom stereocenters. The normalized spacial score (nSPS) is 18.2. The van der Waals surface area contributed by atoms with Crippen LogP contribution in [0.3, 0.4) is 0 Å². The number of hydrogen-bond acceptors (Lipinski definition) is 5. The Morgan fingerprint density at radius 2 is 1.84 bits per heavy atom. The number of amides is 3. The fourth-order valence-electron chi connectivity index (χ4n) is 4.36.